The Labute approximate surface area is 188 Å². The standard InChI is InChI=1S/C24H32N2O4S/c1-31-14-13-21(26-23(28)19-11-4-5-12-20(19)24(26)29)22(27)25-16-7-6-10-18(15-16)30-17-8-2-3-9-17/h6-7,10,15,17,19-21H,2-5,8-9,11-14H2,1H3,(H,25,27). The molecule has 168 valence electrons. The highest BCUT2D eigenvalue weighted by molar-refractivity contribution is 7.98. The Hall–Kier alpha value is -2.02. The van der Waals surface area contributed by atoms with Gasteiger partial charge in [-0.25, -0.2) is 0 Å². The maximum absolute atomic E-state index is 13.3. The summed E-state index contributed by atoms with van der Waals surface area (Å²) >= 11 is 1.61. The lowest BCUT2D eigenvalue weighted by atomic mass is 9.81. The summed E-state index contributed by atoms with van der Waals surface area (Å²) < 4.78 is 6.05. The normalized spacial score (nSPS) is 24.9. The van der Waals surface area contributed by atoms with Crippen LogP contribution in [0.3, 0.4) is 0 Å². The topological polar surface area (TPSA) is 75.7 Å². The molecule has 1 heterocycles. The first-order valence-electron chi connectivity index (χ1n) is 11.5. The maximum Gasteiger partial charge on any atom is 0.247 e. The lowest BCUT2D eigenvalue weighted by molar-refractivity contribution is -0.146. The van der Waals surface area contributed by atoms with Gasteiger partial charge in [-0.3, -0.25) is 19.3 Å². The number of carbonyl (C=O) groups excluding carboxylic acids is 3. The molecule has 7 heteroatoms. The Morgan fingerprint density at radius 3 is 2.39 bits per heavy atom. The van der Waals surface area contributed by atoms with Crippen LogP contribution < -0.4 is 10.1 Å². The number of nitrogens with one attached hydrogen (secondary N) is 1. The predicted octanol–water partition coefficient (Wildman–Crippen LogP) is 4.24. The van der Waals surface area contributed by atoms with E-state index in [2.05, 4.69) is 5.32 Å². The van der Waals surface area contributed by atoms with Gasteiger partial charge in [0, 0.05) is 11.8 Å². The Morgan fingerprint density at radius 1 is 1.10 bits per heavy atom. The van der Waals surface area contributed by atoms with Crippen LogP contribution in [-0.2, 0) is 14.4 Å². The van der Waals surface area contributed by atoms with Gasteiger partial charge in [0.05, 0.1) is 17.9 Å². The summed E-state index contributed by atoms with van der Waals surface area (Å²) in [5.41, 5.74) is 0.631. The van der Waals surface area contributed by atoms with Gasteiger partial charge in [-0.1, -0.05) is 18.9 Å². The van der Waals surface area contributed by atoms with E-state index in [1.165, 1.54) is 17.7 Å². The van der Waals surface area contributed by atoms with Gasteiger partial charge in [0.25, 0.3) is 0 Å². The molecule has 3 amide bonds. The number of hydrogen-bond donors (Lipinski definition) is 1. The van der Waals surface area contributed by atoms with E-state index in [4.69, 9.17) is 4.74 Å². The minimum absolute atomic E-state index is 0.158. The monoisotopic (exact) mass is 444 g/mol. The molecule has 0 spiro atoms. The van der Waals surface area contributed by atoms with Gasteiger partial charge in [0.2, 0.25) is 17.7 Å². The van der Waals surface area contributed by atoms with Crippen molar-refractivity contribution in [2.45, 2.75) is 69.9 Å². The van der Waals surface area contributed by atoms with E-state index in [0.29, 0.717) is 17.9 Å². The van der Waals surface area contributed by atoms with Crippen molar-refractivity contribution < 1.29 is 19.1 Å². The summed E-state index contributed by atoms with van der Waals surface area (Å²) in [7, 11) is 0. The van der Waals surface area contributed by atoms with E-state index in [9.17, 15) is 14.4 Å². The van der Waals surface area contributed by atoms with Gasteiger partial charge in [0.1, 0.15) is 11.8 Å². The molecule has 0 radical (unpaired) electrons. The number of thioether (sulfide) groups is 1. The van der Waals surface area contributed by atoms with Crippen molar-refractivity contribution in [1.82, 2.24) is 4.90 Å². The number of fused-ring (bicyclic) bond motifs is 1. The van der Waals surface area contributed by atoms with Gasteiger partial charge < -0.3 is 10.1 Å². The Bertz CT molecular complexity index is 800. The summed E-state index contributed by atoms with van der Waals surface area (Å²) in [5.74, 6) is 0.346. The van der Waals surface area contributed by atoms with E-state index in [1.54, 1.807) is 11.8 Å². The summed E-state index contributed by atoms with van der Waals surface area (Å²) in [6.07, 6.45) is 10.6. The number of imide groups is 1. The number of rotatable bonds is 8. The molecule has 1 aromatic rings. The first-order chi connectivity index (χ1) is 15.1. The minimum atomic E-state index is -0.766. The Kier molecular flexibility index (Phi) is 7.20. The summed E-state index contributed by atoms with van der Waals surface area (Å²) in [6.45, 7) is 0. The van der Waals surface area contributed by atoms with E-state index in [1.807, 2.05) is 30.5 Å². The van der Waals surface area contributed by atoms with E-state index in [0.717, 1.165) is 44.3 Å². The SMILES string of the molecule is CSCCC(C(=O)Nc1cccc(OC2CCCC2)c1)N1C(=O)C2CCCCC2C1=O. The van der Waals surface area contributed by atoms with Crippen LogP contribution in [0.5, 0.6) is 5.75 Å². The first kappa shape index (κ1) is 22.2. The van der Waals surface area contributed by atoms with Crippen LogP contribution in [0.4, 0.5) is 5.69 Å². The van der Waals surface area contributed by atoms with Crippen molar-refractivity contribution in [3.63, 3.8) is 0 Å². The molecule has 31 heavy (non-hydrogen) atoms. The Morgan fingerprint density at radius 2 is 1.74 bits per heavy atom. The summed E-state index contributed by atoms with van der Waals surface area (Å²) in [5, 5.41) is 2.94. The van der Waals surface area contributed by atoms with Gasteiger partial charge >= 0.3 is 0 Å². The third-order valence-corrected chi connectivity index (χ3v) is 7.44. The van der Waals surface area contributed by atoms with Crippen molar-refractivity contribution in [3.8, 4) is 5.75 Å². The van der Waals surface area contributed by atoms with Gasteiger partial charge in [-0.15, -0.1) is 0 Å². The van der Waals surface area contributed by atoms with Gasteiger partial charge in [0.15, 0.2) is 0 Å². The molecule has 1 aromatic carbocycles. The predicted molar refractivity (Wildman–Crippen MR) is 122 cm³/mol. The second-order valence-electron chi connectivity index (χ2n) is 8.88. The van der Waals surface area contributed by atoms with Crippen molar-refractivity contribution >= 4 is 35.2 Å². The lowest BCUT2D eigenvalue weighted by Gasteiger charge is -2.26. The average Bonchev–Trinajstić information content (AvgIpc) is 3.37. The number of ether oxygens (including phenoxy) is 1. The van der Waals surface area contributed by atoms with Crippen LogP contribution in [0.25, 0.3) is 0 Å². The molecule has 0 bridgehead atoms. The first-order valence-corrected chi connectivity index (χ1v) is 12.9. The largest absolute Gasteiger partial charge is 0.490 e. The van der Waals surface area contributed by atoms with Crippen molar-refractivity contribution in [1.29, 1.82) is 0 Å². The Balaban J connectivity index is 1.48. The minimum Gasteiger partial charge on any atom is -0.490 e. The van der Waals surface area contributed by atoms with Crippen molar-refractivity contribution in [3.05, 3.63) is 24.3 Å². The molecule has 3 unspecified atom stereocenters. The summed E-state index contributed by atoms with van der Waals surface area (Å²) in [4.78, 5) is 40.6. The fourth-order valence-electron chi connectivity index (χ4n) is 5.17. The van der Waals surface area contributed by atoms with Crippen molar-refractivity contribution in [2.75, 3.05) is 17.3 Å². The fraction of sp³-hybridized carbons (Fsp3) is 0.625. The number of nitrogens with zero attached hydrogens (tertiary/aromatic N) is 1. The zero-order valence-electron chi connectivity index (χ0n) is 18.2. The molecule has 1 aliphatic heterocycles. The molecule has 6 nitrogen and oxygen atoms in total. The second-order valence-corrected chi connectivity index (χ2v) is 9.87. The third kappa shape index (κ3) is 4.92. The smallest absolute Gasteiger partial charge is 0.247 e. The molecule has 2 aliphatic carbocycles. The molecular formula is C24H32N2O4S. The fourth-order valence-corrected chi connectivity index (χ4v) is 5.63. The number of amides is 3. The maximum atomic E-state index is 13.3. The number of likely N-dealkylation sites (tertiary alicyclic amines) is 1. The molecule has 4 rings (SSSR count). The summed E-state index contributed by atoms with van der Waals surface area (Å²) in [6, 6.07) is 6.64. The molecule has 2 saturated carbocycles. The quantitative estimate of drug-likeness (QED) is 0.607. The lowest BCUT2D eigenvalue weighted by Crippen LogP contribution is -2.48. The number of hydrogen-bond acceptors (Lipinski definition) is 5. The highest BCUT2D eigenvalue weighted by Crippen LogP contribution is 2.39. The van der Waals surface area contributed by atoms with Crippen LogP contribution >= 0.6 is 11.8 Å². The van der Waals surface area contributed by atoms with Crippen molar-refractivity contribution in [2.24, 2.45) is 11.8 Å². The van der Waals surface area contributed by atoms with Gasteiger partial charge in [-0.2, -0.15) is 11.8 Å². The molecule has 3 atom stereocenters. The molecule has 0 aromatic heterocycles. The van der Waals surface area contributed by atoms with E-state index >= 15 is 0 Å². The van der Waals surface area contributed by atoms with E-state index in [-0.39, 0.29) is 35.7 Å². The third-order valence-electron chi connectivity index (χ3n) is 6.79. The van der Waals surface area contributed by atoms with Crippen LogP contribution in [0.1, 0.15) is 57.8 Å². The molecule has 1 N–H and O–H groups in total. The number of anilines is 1. The van der Waals surface area contributed by atoms with Crippen LogP contribution in [0.15, 0.2) is 24.3 Å². The second kappa shape index (κ2) is 10.1. The van der Waals surface area contributed by atoms with Crippen LogP contribution in [-0.4, -0.2) is 46.8 Å². The van der Waals surface area contributed by atoms with Gasteiger partial charge in [-0.05, 0) is 69.1 Å². The molecule has 3 fully saturated rings. The van der Waals surface area contributed by atoms with E-state index < -0.39 is 6.04 Å². The zero-order chi connectivity index (χ0) is 21.8. The van der Waals surface area contributed by atoms with Crippen LogP contribution in [0, 0.1) is 11.8 Å². The molecule has 1 saturated heterocycles. The molecular weight excluding hydrogens is 412 g/mol. The number of carbonyl (C=O) groups is 3. The zero-order valence-corrected chi connectivity index (χ0v) is 19.0. The number of benzene rings is 1. The van der Waals surface area contributed by atoms with Crippen LogP contribution in [0.2, 0.25) is 0 Å². The highest BCUT2D eigenvalue weighted by Gasteiger charge is 2.51. The molecule has 3 aliphatic rings. The highest BCUT2D eigenvalue weighted by atomic mass is 32.2. The average molecular weight is 445 g/mol.